The number of aryl methyl sites for hydroxylation is 1. The molecule has 4 aromatic rings. The molecule has 1 amide bonds. The van der Waals surface area contributed by atoms with E-state index in [1.807, 2.05) is 71.1 Å². The molecule has 0 radical (unpaired) electrons. The zero-order valence-electron chi connectivity index (χ0n) is 20.7. The lowest BCUT2D eigenvalue weighted by molar-refractivity contribution is -0.119. The summed E-state index contributed by atoms with van der Waals surface area (Å²) in [5.41, 5.74) is 4.86. The lowest BCUT2D eigenvalue weighted by Gasteiger charge is -2.29. The third-order valence-electron chi connectivity index (χ3n) is 6.40. The van der Waals surface area contributed by atoms with Gasteiger partial charge in [0.25, 0.3) is 0 Å². The molecule has 5 rings (SSSR count). The van der Waals surface area contributed by atoms with Gasteiger partial charge in [-0.15, -0.1) is 0 Å². The number of nitrogens with one attached hydrogen (secondary N) is 2. The molecule has 38 heavy (non-hydrogen) atoms. The number of aromatic nitrogens is 2. The summed E-state index contributed by atoms with van der Waals surface area (Å²) in [7, 11) is 1.48. The first-order valence-corrected chi connectivity index (χ1v) is 12.7. The Balaban J connectivity index is 1.59. The summed E-state index contributed by atoms with van der Waals surface area (Å²) in [6, 6.07) is 19.5. The maximum absolute atomic E-state index is 13.9. The number of ether oxygens (including phenoxy) is 1. The SMILES string of the molecule is COCC(=O)Nc1ccc(N2C(=S)N[C@@H](c3ccccn3)[C@H]2c2cccn2-c2ccc(F)c(Cl)c2)cc1C. The van der Waals surface area contributed by atoms with Crippen LogP contribution in [-0.4, -0.2) is 34.3 Å². The Morgan fingerprint density at radius 3 is 2.68 bits per heavy atom. The standard InChI is InChI=1S/C28H25ClFN5O2S/c1-17-14-19(9-11-22(17)32-25(36)16-37-2)35-27(26(33-28(35)38)23-6-3-4-12-31-23)24-7-5-13-34(24)18-8-10-21(30)20(29)15-18/h3-15,26-27H,16H2,1-2H3,(H,32,36)(H,33,38)/t26-,27+/m0/s1. The molecule has 7 nitrogen and oxygen atoms in total. The number of anilines is 2. The number of benzene rings is 2. The Bertz CT molecular complexity index is 1500. The lowest BCUT2D eigenvalue weighted by Crippen LogP contribution is -2.30. The summed E-state index contributed by atoms with van der Waals surface area (Å²) >= 11 is 12.0. The van der Waals surface area contributed by atoms with Gasteiger partial charge >= 0.3 is 0 Å². The van der Waals surface area contributed by atoms with Crippen LogP contribution in [0.1, 0.15) is 29.0 Å². The van der Waals surface area contributed by atoms with Crippen molar-refractivity contribution in [2.24, 2.45) is 0 Å². The maximum Gasteiger partial charge on any atom is 0.250 e. The molecule has 0 unspecified atom stereocenters. The van der Waals surface area contributed by atoms with Crippen molar-refractivity contribution in [1.82, 2.24) is 14.9 Å². The molecule has 0 spiro atoms. The Kier molecular flexibility index (Phi) is 7.42. The van der Waals surface area contributed by atoms with E-state index >= 15 is 0 Å². The van der Waals surface area contributed by atoms with Crippen LogP contribution in [0, 0.1) is 12.7 Å². The van der Waals surface area contributed by atoms with E-state index in [0.29, 0.717) is 10.8 Å². The fourth-order valence-corrected chi connectivity index (χ4v) is 5.21. The summed E-state index contributed by atoms with van der Waals surface area (Å²) in [5, 5.41) is 6.89. The highest BCUT2D eigenvalue weighted by molar-refractivity contribution is 7.80. The number of hydrogen-bond acceptors (Lipinski definition) is 4. The smallest absolute Gasteiger partial charge is 0.250 e. The first kappa shape index (κ1) is 25.8. The highest BCUT2D eigenvalue weighted by Crippen LogP contribution is 2.43. The van der Waals surface area contributed by atoms with Crippen LogP contribution >= 0.6 is 23.8 Å². The number of carbonyl (C=O) groups excluding carboxylic acids is 1. The molecule has 3 heterocycles. The molecule has 1 aliphatic heterocycles. The van der Waals surface area contributed by atoms with Crippen molar-refractivity contribution in [2.45, 2.75) is 19.0 Å². The number of thiocarbonyl (C=S) groups is 1. The number of rotatable bonds is 7. The minimum atomic E-state index is -0.478. The highest BCUT2D eigenvalue weighted by Gasteiger charge is 2.42. The molecule has 1 fully saturated rings. The molecule has 0 saturated carbocycles. The van der Waals surface area contributed by atoms with Crippen LogP contribution in [0.15, 0.2) is 79.1 Å². The molecule has 1 saturated heterocycles. The van der Waals surface area contributed by atoms with Gasteiger partial charge in [0.15, 0.2) is 5.11 Å². The van der Waals surface area contributed by atoms with Gasteiger partial charge in [-0.2, -0.15) is 0 Å². The fourth-order valence-electron chi connectivity index (χ4n) is 4.69. The Labute approximate surface area is 230 Å². The van der Waals surface area contributed by atoms with Crippen LogP contribution in [0.25, 0.3) is 5.69 Å². The fraction of sp³-hybridized carbons (Fsp3) is 0.179. The van der Waals surface area contributed by atoms with Crippen molar-refractivity contribution < 1.29 is 13.9 Å². The lowest BCUT2D eigenvalue weighted by atomic mass is 10.00. The second-order valence-corrected chi connectivity index (χ2v) is 9.67. The van der Waals surface area contributed by atoms with Crippen LogP contribution in [0.5, 0.6) is 0 Å². The summed E-state index contributed by atoms with van der Waals surface area (Å²) < 4.78 is 20.8. The summed E-state index contributed by atoms with van der Waals surface area (Å²) in [6.45, 7) is 1.90. The minimum Gasteiger partial charge on any atom is -0.375 e. The van der Waals surface area contributed by atoms with Crippen LogP contribution < -0.4 is 15.5 Å². The molecule has 2 aromatic carbocycles. The first-order valence-electron chi connectivity index (χ1n) is 11.9. The van der Waals surface area contributed by atoms with Gasteiger partial charge in [-0.05, 0) is 85.4 Å². The van der Waals surface area contributed by atoms with Gasteiger partial charge < -0.3 is 24.8 Å². The maximum atomic E-state index is 13.9. The molecule has 2 N–H and O–H groups in total. The van der Waals surface area contributed by atoms with E-state index in [1.54, 1.807) is 18.3 Å². The molecule has 2 aromatic heterocycles. The van der Waals surface area contributed by atoms with Crippen molar-refractivity contribution in [3.8, 4) is 5.69 Å². The third kappa shape index (κ3) is 5.00. The zero-order valence-corrected chi connectivity index (χ0v) is 22.3. The normalized spacial score (nSPS) is 16.9. The Morgan fingerprint density at radius 1 is 1.16 bits per heavy atom. The highest BCUT2D eigenvalue weighted by atomic mass is 35.5. The summed E-state index contributed by atoms with van der Waals surface area (Å²) in [5.74, 6) is -0.709. The molecule has 0 bridgehead atoms. The number of amides is 1. The predicted molar refractivity (Wildman–Crippen MR) is 150 cm³/mol. The minimum absolute atomic E-state index is 0.0282. The first-order chi connectivity index (χ1) is 18.4. The summed E-state index contributed by atoms with van der Waals surface area (Å²) in [4.78, 5) is 18.7. The van der Waals surface area contributed by atoms with Gasteiger partial charge in [0.05, 0.1) is 16.8 Å². The number of hydrogen-bond donors (Lipinski definition) is 2. The van der Waals surface area contributed by atoms with Crippen molar-refractivity contribution in [2.75, 3.05) is 23.9 Å². The average Bonchev–Trinajstić information content (AvgIpc) is 3.52. The van der Waals surface area contributed by atoms with Crippen molar-refractivity contribution >= 4 is 46.2 Å². The molecule has 194 valence electrons. The van der Waals surface area contributed by atoms with E-state index in [0.717, 1.165) is 28.3 Å². The molecule has 2 atom stereocenters. The molecule has 1 aliphatic rings. The second kappa shape index (κ2) is 10.9. The predicted octanol–water partition coefficient (Wildman–Crippen LogP) is 5.74. The van der Waals surface area contributed by atoms with Crippen LogP contribution in [-0.2, 0) is 9.53 Å². The third-order valence-corrected chi connectivity index (χ3v) is 7.00. The van der Waals surface area contributed by atoms with Gasteiger partial charge in [0.1, 0.15) is 18.5 Å². The molecular formula is C28H25ClFN5O2S. The van der Waals surface area contributed by atoms with E-state index < -0.39 is 5.82 Å². The van der Waals surface area contributed by atoms with E-state index in [-0.39, 0.29) is 29.6 Å². The summed E-state index contributed by atoms with van der Waals surface area (Å²) in [6.07, 6.45) is 3.66. The number of nitrogens with zero attached hydrogens (tertiary/aromatic N) is 3. The quantitative estimate of drug-likeness (QED) is 0.287. The number of carbonyl (C=O) groups is 1. The van der Waals surface area contributed by atoms with Gasteiger partial charge in [-0.3, -0.25) is 9.78 Å². The van der Waals surface area contributed by atoms with Crippen LogP contribution in [0.4, 0.5) is 15.8 Å². The number of halogens is 2. The van der Waals surface area contributed by atoms with E-state index in [4.69, 9.17) is 28.6 Å². The van der Waals surface area contributed by atoms with E-state index in [1.165, 1.54) is 13.2 Å². The van der Waals surface area contributed by atoms with E-state index in [2.05, 4.69) is 15.6 Å². The van der Waals surface area contributed by atoms with Crippen LogP contribution in [0.2, 0.25) is 5.02 Å². The van der Waals surface area contributed by atoms with Gasteiger partial charge in [-0.1, -0.05) is 17.7 Å². The van der Waals surface area contributed by atoms with Gasteiger partial charge in [0.2, 0.25) is 5.91 Å². The molecular weight excluding hydrogens is 525 g/mol. The van der Waals surface area contributed by atoms with E-state index in [9.17, 15) is 9.18 Å². The average molecular weight is 550 g/mol. The zero-order chi connectivity index (χ0) is 26.8. The van der Waals surface area contributed by atoms with Gasteiger partial charge in [-0.25, -0.2) is 4.39 Å². The van der Waals surface area contributed by atoms with Gasteiger partial charge in [0, 0.05) is 42.3 Å². The van der Waals surface area contributed by atoms with Crippen molar-refractivity contribution in [1.29, 1.82) is 0 Å². The Morgan fingerprint density at radius 2 is 1.97 bits per heavy atom. The monoisotopic (exact) mass is 549 g/mol. The number of pyridine rings is 1. The molecule has 0 aliphatic carbocycles. The Hall–Kier alpha value is -3.79. The largest absolute Gasteiger partial charge is 0.375 e. The molecule has 10 heteroatoms. The number of methoxy groups -OCH3 is 1. The second-order valence-electron chi connectivity index (χ2n) is 8.88. The van der Waals surface area contributed by atoms with Crippen molar-refractivity contribution in [3.63, 3.8) is 0 Å². The van der Waals surface area contributed by atoms with Crippen molar-refractivity contribution in [3.05, 3.63) is 107 Å². The topological polar surface area (TPSA) is 71.4 Å². The van der Waals surface area contributed by atoms with Crippen LogP contribution in [0.3, 0.4) is 0 Å².